The Morgan fingerprint density at radius 1 is 1.10 bits per heavy atom. The zero-order chi connectivity index (χ0) is 20.7. The Hall–Kier alpha value is -2.67. The smallest absolute Gasteiger partial charge is 0.165 e. The van der Waals surface area contributed by atoms with Gasteiger partial charge < -0.3 is 9.30 Å². The number of ether oxygens (including phenoxy) is 1. The van der Waals surface area contributed by atoms with Gasteiger partial charge >= 0.3 is 0 Å². The first-order valence-corrected chi connectivity index (χ1v) is 10.7. The van der Waals surface area contributed by atoms with Gasteiger partial charge in [0.1, 0.15) is 11.9 Å². The van der Waals surface area contributed by atoms with Crippen LogP contribution in [0.1, 0.15) is 30.4 Å². The molecule has 7 heteroatoms. The summed E-state index contributed by atoms with van der Waals surface area (Å²) >= 11 is 0. The Balaban J connectivity index is 1.37. The van der Waals surface area contributed by atoms with Gasteiger partial charge in [0, 0.05) is 45.3 Å². The van der Waals surface area contributed by atoms with E-state index in [2.05, 4.69) is 25.6 Å². The van der Waals surface area contributed by atoms with Gasteiger partial charge in [-0.25, -0.2) is 9.37 Å². The third-order valence-corrected chi connectivity index (χ3v) is 6.80. The van der Waals surface area contributed by atoms with Gasteiger partial charge in [-0.05, 0) is 49.8 Å². The fourth-order valence-corrected chi connectivity index (χ4v) is 5.26. The molecule has 1 aliphatic heterocycles. The largest absolute Gasteiger partial charge is 0.485 e. The van der Waals surface area contributed by atoms with Crippen LogP contribution < -0.4 is 4.74 Å². The van der Waals surface area contributed by atoms with Crippen LogP contribution in [0.15, 0.2) is 48.9 Å². The average Bonchev–Trinajstić information content (AvgIpc) is 3.43. The van der Waals surface area contributed by atoms with E-state index in [0.29, 0.717) is 17.6 Å². The summed E-state index contributed by atoms with van der Waals surface area (Å²) in [7, 11) is 1.99. The summed E-state index contributed by atoms with van der Waals surface area (Å²) in [6, 6.07) is 8.96. The summed E-state index contributed by atoms with van der Waals surface area (Å²) in [4.78, 5) is 6.95. The second-order valence-electron chi connectivity index (χ2n) is 8.67. The molecule has 0 bridgehead atoms. The zero-order valence-electron chi connectivity index (χ0n) is 17.5. The van der Waals surface area contributed by atoms with Crippen LogP contribution in [-0.2, 0) is 13.6 Å². The molecule has 4 atom stereocenters. The van der Waals surface area contributed by atoms with Gasteiger partial charge in [0.25, 0.3) is 0 Å². The van der Waals surface area contributed by atoms with E-state index in [1.807, 2.05) is 43.3 Å². The fraction of sp³-hybridized carbons (Fsp3) is 0.478. The van der Waals surface area contributed by atoms with Crippen LogP contribution in [0.3, 0.4) is 0 Å². The summed E-state index contributed by atoms with van der Waals surface area (Å²) in [6.45, 7) is 5.06. The highest BCUT2D eigenvalue weighted by atomic mass is 19.1. The predicted molar refractivity (Wildman–Crippen MR) is 112 cm³/mol. The Morgan fingerprint density at radius 2 is 1.90 bits per heavy atom. The maximum atomic E-state index is 14.3. The lowest BCUT2D eigenvalue weighted by atomic mass is 9.77. The summed E-state index contributed by atoms with van der Waals surface area (Å²) in [6.07, 6.45) is 7.58. The molecule has 6 nitrogen and oxygen atoms in total. The number of halogens is 1. The molecule has 1 aromatic carbocycles. The van der Waals surface area contributed by atoms with Gasteiger partial charge in [-0.3, -0.25) is 9.58 Å². The van der Waals surface area contributed by atoms with Crippen molar-refractivity contribution in [2.75, 3.05) is 13.1 Å². The van der Waals surface area contributed by atoms with Crippen LogP contribution in [0.25, 0.3) is 0 Å². The van der Waals surface area contributed by atoms with Crippen LogP contribution in [0, 0.1) is 24.6 Å². The van der Waals surface area contributed by atoms with E-state index in [1.54, 1.807) is 12.1 Å². The van der Waals surface area contributed by atoms with Crippen molar-refractivity contribution in [3.63, 3.8) is 0 Å². The number of imidazole rings is 1. The molecule has 0 unspecified atom stereocenters. The fourth-order valence-electron chi connectivity index (χ4n) is 5.26. The van der Waals surface area contributed by atoms with Crippen molar-refractivity contribution < 1.29 is 9.13 Å². The number of likely N-dealkylation sites (tertiary alicyclic amines) is 1. The number of para-hydroxylation sites is 1. The SMILES string of the molecule is Cc1nccn1[C@H]1C[C@H]2CN(Cc3ccnn3C)C[C@H]2C[C@@H]1Oc1ccccc1F. The molecule has 0 amide bonds. The normalized spacial score (nSPS) is 26.6. The zero-order valence-corrected chi connectivity index (χ0v) is 17.5. The molecule has 2 aromatic heterocycles. The first-order valence-electron chi connectivity index (χ1n) is 10.7. The molecular weight excluding hydrogens is 381 g/mol. The number of hydrogen-bond acceptors (Lipinski definition) is 4. The van der Waals surface area contributed by atoms with Crippen LogP contribution in [0.5, 0.6) is 5.75 Å². The highest BCUT2D eigenvalue weighted by molar-refractivity contribution is 5.24. The first-order chi connectivity index (χ1) is 14.6. The second-order valence-corrected chi connectivity index (χ2v) is 8.67. The molecule has 30 heavy (non-hydrogen) atoms. The molecule has 0 radical (unpaired) electrons. The van der Waals surface area contributed by atoms with E-state index >= 15 is 0 Å². The second kappa shape index (κ2) is 7.87. The third-order valence-electron chi connectivity index (χ3n) is 6.80. The first kappa shape index (κ1) is 19.3. The van der Waals surface area contributed by atoms with Crippen molar-refractivity contribution in [2.24, 2.45) is 18.9 Å². The number of nitrogens with zero attached hydrogens (tertiary/aromatic N) is 5. The molecule has 1 saturated carbocycles. The molecule has 158 valence electrons. The van der Waals surface area contributed by atoms with Crippen LogP contribution in [-0.4, -0.2) is 43.4 Å². The molecule has 1 aliphatic carbocycles. The van der Waals surface area contributed by atoms with Crippen molar-refractivity contribution in [3.8, 4) is 5.75 Å². The van der Waals surface area contributed by atoms with Gasteiger partial charge in [0.2, 0.25) is 0 Å². The molecule has 2 aliphatic rings. The number of aromatic nitrogens is 4. The Bertz CT molecular complexity index is 1010. The van der Waals surface area contributed by atoms with Crippen LogP contribution in [0.4, 0.5) is 4.39 Å². The van der Waals surface area contributed by atoms with Gasteiger partial charge in [-0.1, -0.05) is 12.1 Å². The highest BCUT2D eigenvalue weighted by Crippen LogP contribution is 2.43. The number of hydrogen-bond donors (Lipinski definition) is 0. The van der Waals surface area contributed by atoms with Crippen molar-refractivity contribution in [2.45, 2.75) is 38.5 Å². The van der Waals surface area contributed by atoms with Crippen molar-refractivity contribution in [1.29, 1.82) is 0 Å². The number of benzene rings is 1. The number of aryl methyl sites for hydroxylation is 2. The minimum absolute atomic E-state index is 0.0762. The number of rotatable bonds is 5. The lowest BCUT2D eigenvalue weighted by molar-refractivity contribution is 0.0509. The van der Waals surface area contributed by atoms with Crippen LogP contribution in [0.2, 0.25) is 0 Å². The molecule has 1 saturated heterocycles. The minimum atomic E-state index is -0.301. The molecule has 3 aromatic rings. The van der Waals surface area contributed by atoms with E-state index in [4.69, 9.17) is 4.74 Å². The van der Waals surface area contributed by atoms with Gasteiger partial charge in [-0.15, -0.1) is 0 Å². The van der Waals surface area contributed by atoms with E-state index < -0.39 is 0 Å². The average molecular weight is 410 g/mol. The van der Waals surface area contributed by atoms with Crippen molar-refractivity contribution in [3.05, 3.63) is 66.3 Å². The molecule has 0 spiro atoms. The molecule has 3 heterocycles. The number of fused-ring (bicyclic) bond motifs is 1. The predicted octanol–water partition coefficient (Wildman–Crippen LogP) is 3.59. The van der Waals surface area contributed by atoms with Crippen LogP contribution >= 0.6 is 0 Å². The topological polar surface area (TPSA) is 48.1 Å². The Labute approximate surface area is 176 Å². The van der Waals surface area contributed by atoms with Gasteiger partial charge in [-0.2, -0.15) is 5.10 Å². The standard InChI is InChI=1S/C23H28FN5O/c1-16-25-9-10-29(16)21-11-17-13-28(15-19-7-8-26-27(19)2)14-18(17)12-23(21)30-22-6-4-3-5-20(22)24/h3-10,17-18,21,23H,11-15H2,1-2H3/t17-,18+,21-,23-/m0/s1. The molecule has 0 N–H and O–H groups in total. The van der Waals surface area contributed by atoms with Crippen molar-refractivity contribution in [1.82, 2.24) is 24.2 Å². The Kier molecular flexibility index (Phi) is 5.06. The van der Waals surface area contributed by atoms with Gasteiger partial charge in [0.05, 0.1) is 11.7 Å². The van der Waals surface area contributed by atoms with E-state index in [-0.39, 0.29) is 18.0 Å². The summed E-state index contributed by atoms with van der Waals surface area (Å²) < 4.78 is 24.8. The summed E-state index contributed by atoms with van der Waals surface area (Å²) in [5, 5.41) is 4.30. The summed E-state index contributed by atoms with van der Waals surface area (Å²) in [5.74, 6) is 2.17. The lowest BCUT2D eigenvalue weighted by Crippen LogP contribution is -2.40. The van der Waals surface area contributed by atoms with E-state index in [9.17, 15) is 4.39 Å². The van der Waals surface area contributed by atoms with E-state index in [1.165, 1.54) is 11.8 Å². The quantitative estimate of drug-likeness (QED) is 0.646. The lowest BCUT2D eigenvalue weighted by Gasteiger charge is -2.39. The maximum absolute atomic E-state index is 14.3. The minimum Gasteiger partial charge on any atom is -0.485 e. The van der Waals surface area contributed by atoms with Crippen molar-refractivity contribution >= 4 is 0 Å². The highest BCUT2D eigenvalue weighted by Gasteiger charge is 2.44. The Morgan fingerprint density at radius 3 is 2.60 bits per heavy atom. The monoisotopic (exact) mass is 409 g/mol. The molecular formula is C23H28FN5O. The van der Waals surface area contributed by atoms with Gasteiger partial charge in [0.15, 0.2) is 11.6 Å². The van der Waals surface area contributed by atoms with E-state index in [0.717, 1.165) is 38.3 Å². The summed E-state index contributed by atoms with van der Waals surface area (Å²) in [5.41, 5.74) is 1.23. The molecule has 5 rings (SSSR count). The molecule has 2 fully saturated rings. The third kappa shape index (κ3) is 3.62. The maximum Gasteiger partial charge on any atom is 0.165 e.